The summed E-state index contributed by atoms with van der Waals surface area (Å²) >= 11 is 0. The van der Waals surface area contributed by atoms with Gasteiger partial charge in [-0.15, -0.1) is 0 Å². The van der Waals surface area contributed by atoms with Crippen LogP contribution in [-0.2, 0) is 35.9 Å². The van der Waals surface area contributed by atoms with Crippen molar-refractivity contribution in [2.24, 2.45) is 0 Å². The topological polar surface area (TPSA) is 81.8 Å². The first kappa shape index (κ1) is 21.2. The fourth-order valence-electron chi connectivity index (χ4n) is 5.41. The van der Waals surface area contributed by atoms with Gasteiger partial charge in [-0.2, -0.15) is 12.7 Å². The van der Waals surface area contributed by atoms with Crippen molar-refractivity contribution in [1.29, 1.82) is 0 Å². The van der Waals surface area contributed by atoms with Crippen LogP contribution in [0.4, 0.5) is 10.5 Å². The molecule has 4 aliphatic rings. The number of fused-ring (bicyclic) bond motifs is 4. The average molecular weight is 430 g/mol. The molecule has 2 N–H and O–H groups in total. The molecular formula is C19H26KN4O3S. The second-order valence-electron chi connectivity index (χ2n) is 8.35. The van der Waals surface area contributed by atoms with Crippen LogP contribution in [0.2, 0.25) is 0 Å². The number of hydrogen-bond acceptors (Lipinski definition) is 4. The summed E-state index contributed by atoms with van der Waals surface area (Å²) in [6, 6.07) is 1.88. The Labute approximate surface area is 209 Å². The summed E-state index contributed by atoms with van der Waals surface area (Å²) in [6.07, 6.45) is 7.02. The number of carbonyl (C=O) groups is 1. The fraction of sp³-hybridized carbons (Fsp3) is 0.632. The molecular weight excluding hydrogens is 403 g/mol. The molecule has 2 atom stereocenters. The van der Waals surface area contributed by atoms with Crippen molar-refractivity contribution in [2.45, 2.75) is 57.0 Å². The summed E-state index contributed by atoms with van der Waals surface area (Å²) in [5.74, 6) is 0. The Bertz CT molecular complexity index is 886. The molecule has 1 radical (unpaired) electrons. The second-order valence-corrected chi connectivity index (χ2v) is 9.97. The van der Waals surface area contributed by atoms with Crippen molar-refractivity contribution < 1.29 is 13.2 Å². The fourth-order valence-corrected chi connectivity index (χ4v) is 6.72. The molecule has 0 aromatic heterocycles. The van der Waals surface area contributed by atoms with Crippen LogP contribution in [0.15, 0.2) is 6.07 Å². The van der Waals surface area contributed by atoms with Gasteiger partial charge in [-0.05, 0) is 74.2 Å². The number of benzene rings is 1. The summed E-state index contributed by atoms with van der Waals surface area (Å²) in [7, 11) is -1.80. The Morgan fingerprint density at radius 1 is 1.04 bits per heavy atom. The number of rotatable bonds is 3. The van der Waals surface area contributed by atoms with Gasteiger partial charge in [0.15, 0.2) is 0 Å². The van der Waals surface area contributed by atoms with Crippen molar-refractivity contribution in [2.75, 3.05) is 25.5 Å². The predicted molar refractivity (Wildman–Crippen MR) is 109 cm³/mol. The molecule has 9 heteroatoms. The predicted octanol–water partition coefficient (Wildman–Crippen LogP) is 1.04. The number of nitrogens with zero attached hydrogens (tertiary/aromatic N) is 2. The minimum absolute atomic E-state index is 0. The minimum Gasteiger partial charge on any atom is -0.307 e. The third kappa shape index (κ3) is 3.62. The van der Waals surface area contributed by atoms with Gasteiger partial charge in [0.2, 0.25) is 0 Å². The van der Waals surface area contributed by atoms with Gasteiger partial charge >= 0.3 is 16.2 Å². The van der Waals surface area contributed by atoms with Crippen molar-refractivity contribution in [3.63, 3.8) is 0 Å². The van der Waals surface area contributed by atoms with Gasteiger partial charge in [-0.25, -0.2) is 9.52 Å². The van der Waals surface area contributed by atoms with Crippen molar-refractivity contribution in [3.8, 4) is 0 Å². The molecule has 2 heterocycles. The van der Waals surface area contributed by atoms with E-state index >= 15 is 0 Å². The molecule has 147 valence electrons. The molecule has 0 unspecified atom stereocenters. The summed E-state index contributed by atoms with van der Waals surface area (Å²) in [4.78, 5) is 14.8. The summed E-state index contributed by atoms with van der Waals surface area (Å²) in [5, 5.41) is 2.91. The van der Waals surface area contributed by atoms with E-state index in [-0.39, 0.29) is 63.5 Å². The molecule has 28 heavy (non-hydrogen) atoms. The molecule has 0 saturated carbocycles. The largest absolute Gasteiger partial charge is 0.333 e. The maximum atomic E-state index is 12.7. The molecule has 2 saturated heterocycles. The van der Waals surface area contributed by atoms with Crippen LogP contribution in [-0.4, -0.2) is 107 Å². The van der Waals surface area contributed by atoms with Crippen LogP contribution in [0.25, 0.3) is 0 Å². The first-order valence-corrected chi connectivity index (χ1v) is 11.3. The molecule has 7 nitrogen and oxygen atoms in total. The van der Waals surface area contributed by atoms with Crippen molar-refractivity contribution in [1.82, 2.24) is 13.9 Å². The van der Waals surface area contributed by atoms with Crippen LogP contribution in [0.3, 0.4) is 0 Å². The summed E-state index contributed by atoms with van der Waals surface area (Å²) in [5.41, 5.74) is 5.89. The molecule has 2 aliphatic heterocycles. The van der Waals surface area contributed by atoms with Gasteiger partial charge in [-0.3, -0.25) is 0 Å². The molecule has 2 amide bonds. The van der Waals surface area contributed by atoms with E-state index in [4.69, 9.17) is 0 Å². The zero-order chi connectivity index (χ0) is 18.8. The smallest absolute Gasteiger partial charge is 0.307 e. The number of likely N-dealkylation sites (tertiary alicyclic amines) is 1. The number of anilines is 1. The van der Waals surface area contributed by atoms with Gasteiger partial charge in [0, 0.05) is 82.2 Å². The quantitative estimate of drug-likeness (QED) is 0.704. The van der Waals surface area contributed by atoms with Gasteiger partial charge in [0.1, 0.15) is 0 Å². The first-order chi connectivity index (χ1) is 12.9. The number of hydrogen-bond donors (Lipinski definition) is 2. The number of amides is 2. The van der Waals surface area contributed by atoms with Crippen LogP contribution < -0.4 is 10.0 Å². The molecule has 5 rings (SSSR count). The third-order valence-electron chi connectivity index (χ3n) is 6.71. The Morgan fingerprint density at radius 3 is 2.21 bits per heavy atom. The Kier molecular flexibility index (Phi) is 6.01. The normalized spacial score (nSPS) is 26.0. The Hall–Kier alpha value is -0.00364. The van der Waals surface area contributed by atoms with E-state index in [9.17, 15) is 13.2 Å². The van der Waals surface area contributed by atoms with E-state index in [2.05, 4.69) is 21.0 Å². The Morgan fingerprint density at radius 2 is 1.68 bits per heavy atom. The van der Waals surface area contributed by atoms with Gasteiger partial charge in [0.05, 0.1) is 0 Å². The van der Waals surface area contributed by atoms with E-state index in [0.717, 1.165) is 57.2 Å². The van der Waals surface area contributed by atoms with Gasteiger partial charge in [0.25, 0.3) is 0 Å². The van der Waals surface area contributed by atoms with Crippen LogP contribution in [0.1, 0.15) is 41.5 Å². The minimum atomic E-state index is -3.82. The molecule has 1 aromatic rings. The first-order valence-electron chi connectivity index (χ1n) is 9.89. The van der Waals surface area contributed by atoms with Crippen molar-refractivity contribution >= 4 is 73.3 Å². The maximum absolute atomic E-state index is 12.7. The Balaban J connectivity index is 0.00000192. The molecule has 0 spiro atoms. The summed E-state index contributed by atoms with van der Waals surface area (Å²) < 4.78 is 29.2. The molecule has 2 bridgehead atoms. The van der Waals surface area contributed by atoms with Crippen LogP contribution in [0.5, 0.6) is 0 Å². The van der Waals surface area contributed by atoms with Gasteiger partial charge < -0.3 is 10.2 Å². The standard InChI is InChI=1S/C19H26N4O3S.K/c1-22-10-15-9-14(22)11-23(15)27(25,26)21-19(24)20-18-16-6-2-4-12(16)8-13-5-3-7-17(13)18;/h8,14-15H,2-7,9-11H2,1H3,(H2,20,21,24);/t14-,15-;/m1./s1. The molecule has 2 aliphatic carbocycles. The average Bonchev–Trinajstić information content (AvgIpc) is 3.36. The maximum Gasteiger partial charge on any atom is 0.333 e. The van der Waals surface area contributed by atoms with Crippen molar-refractivity contribution in [3.05, 3.63) is 28.3 Å². The monoisotopic (exact) mass is 429 g/mol. The van der Waals surface area contributed by atoms with Gasteiger partial charge in [-0.1, -0.05) is 6.07 Å². The number of nitrogens with one attached hydrogen (secondary N) is 2. The number of likely N-dealkylation sites (N-methyl/N-ethyl adjacent to an activating group) is 1. The van der Waals surface area contributed by atoms with E-state index in [1.807, 2.05) is 7.05 Å². The SMILES string of the molecule is CN1C[C@H]2C[C@@H]1CN2S(=O)(=O)NC(=O)Nc1c2c(cc3c1CCC3)CCC2.[K]. The number of piperazine rings is 1. The number of carbonyl (C=O) groups excluding carboxylic acids is 1. The number of aryl methyl sites for hydroxylation is 2. The number of urea groups is 1. The zero-order valence-electron chi connectivity index (χ0n) is 16.6. The molecule has 1 aromatic carbocycles. The van der Waals surface area contributed by atoms with Crippen LogP contribution >= 0.6 is 0 Å². The van der Waals surface area contributed by atoms with Crippen LogP contribution in [0, 0.1) is 0 Å². The molecule has 2 fully saturated rings. The second kappa shape index (κ2) is 7.92. The zero-order valence-corrected chi connectivity index (χ0v) is 20.6. The van der Waals surface area contributed by atoms with E-state index in [1.54, 1.807) is 0 Å². The summed E-state index contributed by atoms with van der Waals surface area (Å²) in [6.45, 7) is 1.19. The third-order valence-corrected chi connectivity index (χ3v) is 8.21. The van der Waals surface area contributed by atoms with E-state index < -0.39 is 16.2 Å². The van der Waals surface area contributed by atoms with E-state index in [0.29, 0.717) is 6.54 Å². The van der Waals surface area contributed by atoms with E-state index in [1.165, 1.54) is 26.6 Å².